The summed E-state index contributed by atoms with van der Waals surface area (Å²) in [5.74, 6) is -0.884. The van der Waals surface area contributed by atoms with E-state index in [-0.39, 0.29) is 5.91 Å². The molecule has 0 saturated heterocycles. The quantitative estimate of drug-likeness (QED) is 0.603. The number of aromatic nitrogens is 2. The summed E-state index contributed by atoms with van der Waals surface area (Å²) in [6.45, 7) is 5.26. The Kier molecular flexibility index (Phi) is 6.67. The van der Waals surface area contributed by atoms with E-state index in [1.165, 1.54) is 5.56 Å². The van der Waals surface area contributed by atoms with Gasteiger partial charge in [0, 0.05) is 7.05 Å². The Balaban J connectivity index is 1.65. The first-order chi connectivity index (χ1) is 14.4. The SMILES string of the molecule is Cc1nn(C)c(C)c1NC(=O)C(C)OC(=O)c1ccccc1CCc1ccccc1. The van der Waals surface area contributed by atoms with Crippen LogP contribution in [0.5, 0.6) is 0 Å². The zero-order valence-electron chi connectivity index (χ0n) is 17.8. The molecular formula is C24H27N3O3. The Morgan fingerprint density at radius 1 is 1.03 bits per heavy atom. The van der Waals surface area contributed by atoms with Crippen LogP contribution in [0, 0.1) is 13.8 Å². The molecule has 6 heteroatoms. The third-order valence-electron chi connectivity index (χ3n) is 5.17. The Morgan fingerprint density at radius 2 is 1.70 bits per heavy atom. The number of amides is 1. The van der Waals surface area contributed by atoms with Crippen molar-refractivity contribution in [1.29, 1.82) is 0 Å². The number of carbonyl (C=O) groups is 2. The molecular weight excluding hydrogens is 378 g/mol. The van der Waals surface area contributed by atoms with E-state index < -0.39 is 12.1 Å². The van der Waals surface area contributed by atoms with Gasteiger partial charge in [0.1, 0.15) is 0 Å². The number of carbonyl (C=O) groups excluding carboxylic acids is 2. The third kappa shape index (κ3) is 4.95. The molecule has 1 amide bonds. The normalized spacial score (nSPS) is 11.7. The van der Waals surface area contributed by atoms with Crippen LogP contribution in [0.3, 0.4) is 0 Å². The maximum atomic E-state index is 12.8. The summed E-state index contributed by atoms with van der Waals surface area (Å²) >= 11 is 0. The van der Waals surface area contributed by atoms with Crippen molar-refractivity contribution in [2.75, 3.05) is 5.32 Å². The van der Waals surface area contributed by atoms with Gasteiger partial charge in [-0.25, -0.2) is 4.79 Å². The van der Waals surface area contributed by atoms with Crippen LogP contribution in [0.4, 0.5) is 5.69 Å². The Bertz CT molecular complexity index is 1040. The molecule has 0 aliphatic carbocycles. The summed E-state index contributed by atoms with van der Waals surface area (Å²) < 4.78 is 7.17. The van der Waals surface area contributed by atoms with Crippen molar-refractivity contribution < 1.29 is 14.3 Å². The number of aryl methyl sites for hydroxylation is 4. The standard InChI is InChI=1S/C24H27N3O3/c1-16-22(17(2)27(4)26-16)25-23(28)18(3)30-24(29)21-13-9-8-12-20(21)15-14-19-10-6-5-7-11-19/h5-13,18H,14-15H2,1-4H3,(H,25,28). The van der Waals surface area contributed by atoms with Gasteiger partial charge in [-0.15, -0.1) is 0 Å². The lowest BCUT2D eigenvalue weighted by Crippen LogP contribution is -2.30. The molecule has 3 rings (SSSR count). The van der Waals surface area contributed by atoms with Gasteiger partial charge in [-0.05, 0) is 50.8 Å². The first-order valence-corrected chi connectivity index (χ1v) is 10.0. The minimum absolute atomic E-state index is 0.385. The van der Waals surface area contributed by atoms with E-state index in [1.54, 1.807) is 23.7 Å². The van der Waals surface area contributed by atoms with Gasteiger partial charge in [0.2, 0.25) is 0 Å². The summed E-state index contributed by atoms with van der Waals surface area (Å²) in [5, 5.41) is 7.10. The molecule has 0 aliphatic heterocycles. The van der Waals surface area contributed by atoms with Crippen molar-refractivity contribution in [3.63, 3.8) is 0 Å². The van der Waals surface area contributed by atoms with Crippen molar-refractivity contribution in [2.24, 2.45) is 7.05 Å². The summed E-state index contributed by atoms with van der Waals surface area (Å²) in [5.41, 5.74) is 4.79. The largest absolute Gasteiger partial charge is 0.449 e. The van der Waals surface area contributed by atoms with Crippen LogP contribution in [0.2, 0.25) is 0 Å². The molecule has 0 spiro atoms. The van der Waals surface area contributed by atoms with E-state index >= 15 is 0 Å². The van der Waals surface area contributed by atoms with E-state index in [2.05, 4.69) is 22.5 Å². The number of nitrogens with one attached hydrogen (secondary N) is 1. The minimum atomic E-state index is -0.932. The van der Waals surface area contributed by atoms with Crippen LogP contribution in [-0.4, -0.2) is 27.8 Å². The maximum absolute atomic E-state index is 12.8. The lowest BCUT2D eigenvalue weighted by molar-refractivity contribution is -0.123. The molecule has 6 nitrogen and oxygen atoms in total. The molecule has 0 fully saturated rings. The molecule has 0 aliphatic rings. The molecule has 1 N–H and O–H groups in total. The van der Waals surface area contributed by atoms with Gasteiger partial charge in [-0.3, -0.25) is 9.48 Å². The molecule has 30 heavy (non-hydrogen) atoms. The van der Waals surface area contributed by atoms with Gasteiger partial charge < -0.3 is 10.1 Å². The molecule has 0 radical (unpaired) electrons. The third-order valence-corrected chi connectivity index (χ3v) is 5.17. The smallest absolute Gasteiger partial charge is 0.339 e. The topological polar surface area (TPSA) is 73.2 Å². The lowest BCUT2D eigenvalue weighted by Gasteiger charge is -2.15. The maximum Gasteiger partial charge on any atom is 0.339 e. The first kappa shape index (κ1) is 21.3. The van der Waals surface area contributed by atoms with Gasteiger partial charge in [-0.1, -0.05) is 48.5 Å². The highest BCUT2D eigenvalue weighted by Crippen LogP contribution is 2.19. The van der Waals surface area contributed by atoms with E-state index in [9.17, 15) is 9.59 Å². The van der Waals surface area contributed by atoms with Crippen LogP contribution in [-0.2, 0) is 29.4 Å². The molecule has 0 bridgehead atoms. The molecule has 0 saturated carbocycles. The van der Waals surface area contributed by atoms with Gasteiger partial charge in [0.15, 0.2) is 6.10 Å². The van der Waals surface area contributed by atoms with Crippen LogP contribution in [0.25, 0.3) is 0 Å². The van der Waals surface area contributed by atoms with Crippen molar-refractivity contribution >= 4 is 17.6 Å². The number of hydrogen-bond donors (Lipinski definition) is 1. The van der Waals surface area contributed by atoms with E-state index in [1.807, 2.05) is 51.2 Å². The van der Waals surface area contributed by atoms with Crippen molar-refractivity contribution in [1.82, 2.24) is 9.78 Å². The second-order valence-electron chi connectivity index (χ2n) is 7.35. The lowest BCUT2D eigenvalue weighted by atomic mass is 10.00. The summed E-state index contributed by atoms with van der Waals surface area (Å²) in [4.78, 5) is 25.3. The van der Waals surface area contributed by atoms with Gasteiger partial charge in [-0.2, -0.15) is 5.10 Å². The fourth-order valence-corrected chi connectivity index (χ4v) is 3.32. The number of hydrogen-bond acceptors (Lipinski definition) is 4. The summed E-state index contributed by atoms with van der Waals surface area (Å²) in [6, 6.07) is 17.5. The molecule has 1 atom stereocenters. The van der Waals surface area contributed by atoms with Gasteiger partial charge in [0.05, 0.1) is 22.6 Å². The average molecular weight is 405 g/mol. The van der Waals surface area contributed by atoms with Gasteiger partial charge in [0.25, 0.3) is 5.91 Å². The van der Waals surface area contributed by atoms with Crippen LogP contribution < -0.4 is 5.32 Å². The highest BCUT2D eigenvalue weighted by atomic mass is 16.5. The molecule has 3 aromatic rings. The molecule has 2 aromatic carbocycles. The number of anilines is 1. The van der Waals surface area contributed by atoms with E-state index in [0.717, 1.165) is 17.7 Å². The fourth-order valence-electron chi connectivity index (χ4n) is 3.32. The Hall–Kier alpha value is -3.41. The first-order valence-electron chi connectivity index (χ1n) is 10.0. The second kappa shape index (κ2) is 9.39. The zero-order valence-corrected chi connectivity index (χ0v) is 17.8. The van der Waals surface area contributed by atoms with Crippen molar-refractivity contribution in [3.05, 3.63) is 82.7 Å². The highest BCUT2D eigenvalue weighted by molar-refractivity contribution is 5.98. The number of esters is 1. The van der Waals surface area contributed by atoms with Crippen molar-refractivity contribution in [2.45, 2.75) is 39.7 Å². The molecule has 1 unspecified atom stereocenters. The minimum Gasteiger partial charge on any atom is -0.449 e. The predicted molar refractivity (Wildman–Crippen MR) is 116 cm³/mol. The highest BCUT2D eigenvalue weighted by Gasteiger charge is 2.22. The fraction of sp³-hybridized carbons (Fsp3) is 0.292. The molecule has 1 aromatic heterocycles. The monoisotopic (exact) mass is 405 g/mol. The Labute approximate surface area is 176 Å². The van der Waals surface area contributed by atoms with E-state index in [4.69, 9.17) is 4.74 Å². The van der Waals surface area contributed by atoms with E-state index in [0.29, 0.717) is 23.4 Å². The van der Waals surface area contributed by atoms with Crippen LogP contribution in [0.1, 0.15) is 39.8 Å². The number of benzene rings is 2. The number of ether oxygens (including phenoxy) is 1. The summed E-state index contributed by atoms with van der Waals surface area (Å²) in [6.07, 6.45) is 0.601. The van der Waals surface area contributed by atoms with Gasteiger partial charge >= 0.3 is 5.97 Å². The Morgan fingerprint density at radius 3 is 2.37 bits per heavy atom. The zero-order chi connectivity index (χ0) is 21.7. The van der Waals surface area contributed by atoms with Crippen LogP contribution in [0.15, 0.2) is 54.6 Å². The van der Waals surface area contributed by atoms with Crippen molar-refractivity contribution in [3.8, 4) is 0 Å². The predicted octanol–water partition coefficient (Wildman–Crippen LogP) is 4.01. The van der Waals surface area contributed by atoms with Crippen LogP contribution >= 0.6 is 0 Å². The second-order valence-corrected chi connectivity index (χ2v) is 7.35. The molecule has 156 valence electrons. The molecule has 1 heterocycles. The average Bonchev–Trinajstić information content (AvgIpc) is 2.99. The number of rotatable bonds is 7. The summed E-state index contributed by atoms with van der Waals surface area (Å²) in [7, 11) is 1.81. The number of nitrogens with zero attached hydrogens (tertiary/aromatic N) is 2.